The van der Waals surface area contributed by atoms with Crippen LogP contribution in [0.5, 0.6) is 0 Å². The van der Waals surface area contributed by atoms with Crippen molar-refractivity contribution in [2.45, 2.75) is 39.3 Å². The maximum atomic E-state index is 12.3. The van der Waals surface area contributed by atoms with E-state index in [0.29, 0.717) is 12.3 Å². The van der Waals surface area contributed by atoms with Crippen molar-refractivity contribution in [3.63, 3.8) is 0 Å². The molecule has 1 aromatic carbocycles. The molecule has 146 valence electrons. The van der Waals surface area contributed by atoms with Crippen LogP contribution in [0.1, 0.15) is 38.1 Å². The molecule has 1 amide bonds. The van der Waals surface area contributed by atoms with E-state index in [1.807, 2.05) is 0 Å². The minimum Gasteiger partial charge on any atom is -0.369 e. The summed E-state index contributed by atoms with van der Waals surface area (Å²) in [5.74, 6) is 0.536. The number of anilines is 1. The van der Waals surface area contributed by atoms with Crippen molar-refractivity contribution in [1.82, 2.24) is 10.2 Å². The third-order valence-electron chi connectivity index (χ3n) is 5.12. The van der Waals surface area contributed by atoms with Crippen LogP contribution in [0.4, 0.5) is 5.69 Å². The second-order valence-electron chi connectivity index (χ2n) is 7.77. The Labute approximate surface area is 167 Å². The molecule has 27 heavy (non-hydrogen) atoms. The van der Waals surface area contributed by atoms with Gasteiger partial charge in [-0.15, -0.1) is 11.3 Å². The third-order valence-corrected chi connectivity index (χ3v) is 6.06. The monoisotopic (exact) mass is 385 g/mol. The molecular formula is C22H31N3OS. The van der Waals surface area contributed by atoms with Gasteiger partial charge in [0, 0.05) is 49.2 Å². The zero-order valence-corrected chi connectivity index (χ0v) is 17.4. The molecule has 0 unspecified atom stereocenters. The zero-order valence-electron chi connectivity index (χ0n) is 16.6. The fourth-order valence-electron chi connectivity index (χ4n) is 3.86. The number of nitrogens with zero attached hydrogens (tertiary/aromatic N) is 2. The standard InChI is InChI=1S/C22H31N3OS/c1-17(2)16-21(26)23-18(3)22(20-10-7-15-27-20)25-13-11-24(12-14-25)19-8-5-4-6-9-19/h4-10,15,17-18,22H,11-14,16H2,1-3H3,(H,23,26)/t18-,22+/m1/s1. The summed E-state index contributed by atoms with van der Waals surface area (Å²) < 4.78 is 0. The Morgan fingerprint density at radius 1 is 1.04 bits per heavy atom. The molecule has 1 aromatic heterocycles. The highest BCUT2D eigenvalue weighted by Crippen LogP contribution is 2.30. The normalized spacial score (nSPS) is 17.7. The van der Waals surface area contributed by atoms with E-state index >= 15 is 0 Å². The van der Waals surface area contributed by atoms with Gasteiger partial charge < -0.3 is 10.2 Å². The summed E-state index contributed by atoms with van der Waals surface area (Å²) in [5.41, 5.74) is 1.29. The predicted octanol–water partition coefficient (Wildman–Crippen LogP) is 4.16. The van der Waals surface area contributed by atoms with Gasteiger partial charge in [-0.1, -0.05) is 38.1 Å². The van der Waals surface area contributed by atoms with Crippen molar-refractivity contribution in [1.29, 1.82) is 0 Å². The average Bonchev–Trinajstić information content (AvgIpc) is 3.16. The summed E-state index contributed by atoms with van der Waals surface area (Å²) in [7, 11) is 0. The number of thiophene rings is 1. The van der Waals surface area contributed by atoms with Crippen LogP contribution in [-0.4, -0.2) is 43.0 Å². The minimum atomic E-state index is 0.0955. The molecule has 0 bridgehead atoms. The first-order chi connectivity index (χ1) is 13.0. The van der Waals surface area contributed by atoms with Crippen LogP contribution in [0.3, 0.4) is 0 Å². The van der Waals surface area contributed by atoms with E-state index in [1.165, 1.54) is 10.6 Å². The van der Waals surface area contributed by atoms with Gasteiger partial charge in [0.05, 0.1) is 6.04 Å². The number of nitrogens with one attached hydrogen (secondary N) is 1. The topological polar surface area (TPSA) is 35.6 Å². The summed E-state index contributed by atoms with van der Waals surface area (Å²) >= 11 is 1.78. The van der Waals surface area contributed by atoms with Crippen molar-refractivity contribution >= 4 is 22.9 Å². The number of amides is 1. The number of hydrogen-bond acceptors (Lipinski definition) is 4. The van der Waals surface area contributed by atoms with E-state index in [0.717, 1.165) is 26.2 Å². The summed E-state index contributed by atoms with van der Waals surface area (Å²) in [5, 5.41) is 5.38. The number of carbonyl (C=O) groups excluding carboxylic acids is 1. The van der Waals surface area contributed by atoms with Gasteiger partial charge in [0.2, 0.25) is 5.91 Å². The zero-order chi connectivity index (χ0) is 19.2. The van der Waals surface area contributed by atoms with Gasteiger partial charge in [0.25, 0.3) is 0 Å². The number of hydrogen-bond donors (Lipinski definition) is 1. The van der Waals surface area contributed by atoms with Gasteiger partial charge in [-0.2, -0.15) is 0 Å². The molecule has 2 atom stereocenters. The summed E-state index contributed by atoms with van der Waals surface area (Å²) in [6.45, 7) is 10.3. The average molecular weight is 386 g/mol. The molecule has 2 heterocycles. The maximum absolute atomic E-state index is 12.3. The Balaban J connectivity index is 1.67. The molecule has 1 saturated heterocycles. The van der Waals surface area contributed by atoms with Crippen LogP contribution in [0.2, 0.25) is 0 Å². The first-order valence-electron chi connectivity index (χ1n) is 9.91. The summed E-state index contributed by atoms with van der Waals surface area (Å²) in [6.07, 6.45) is 0.587. The van der Waals surface area contributed by atoms with Crippen LogP contribution in [0.25, 0.3) is 0 Å². The third kappa shape index (κ3) is 5.33. The Morgan fingerprint density at radius 2 is 1.74 bits per heavy atom. The molecule has 0 spiro atoms. The molecule has 0 radical (unpaired) electrons. The molecule has 5 heteroatoms. The fourth-order valence-corrected chi connectivity index (χ4v) is 4.83. The first-order valence-corrected chi connectivity index (χ1v) is 10.8. The quantitative estimate of drug-likeness (QED) is 0.777. The SMILES string of the molecule is CC(C)CC(=O)N[C@H](C)[C@@H](c1cccs1)N1CCN(c2ccccc2)CC1. The Hall–Kier alpha value is -1.85. The van der Waals surface area contributed by atoms with E-state index in [2.05, 4.69) is 83.7 Å². The van der Waals surface area contributed by atoms with Crippen molar-refractivity contribution in [2.24, 2.45) is 5.92 Å². The van der Waals surface area contributed by atoms with Crippen molar-refractivity contribution in [2.75, 3.05) is 31.1 Å². The minimum absolute atomic E-state index is 0.0955. The Bertz CT molecular complexity index is 694. The van der Waals surface area contributed by atoms with Gasteiger partial charge in [0.1, 0.15) is 0 Å². The Morgan fingerprint density at radius 3 is 2.33 bits per heavy atom. The van der Waals surface area contributed by atoms with Gasteiger partial charge in [-0.05, 0) is 36.4 Å². The molecule has 3 rings (SSSR count). The summed E-state index contributed by atoms with van der Waals surface area (Å²) in [6, 6.07) is 15.3. The second-order valence-corrected chi connectivity index (χ2v) is 8.75. The summed E-state index contributed by atoms with van der Waals surface area (Å²) in [4.78, 5) is 18.6. The predicted molar refractivity (Wildman–Crippen MR) is 114 cm³/mol. The molecular weight excluding hydrogens is 354 g/mol. The van der Waals surface area contributed by atoms with Crippen LogP contribution >= 0.6 is 11.3 Å². The number of piperazine rings is 1. The first kappa shape index (κ1) is 19.9. The van der Waals surface area contributed by atoms with Crippen molar-refractivity contribution in [3.8, 4) is 0 Å². The van der Waals surface area contributed by atoms with Crippen LogP contribution < -0.4 is 10.2 Å². The largest absolute Gasteiger partial charge is 0.369 e. The van der Waals surface area contributed by atoms with Crippen molar-refractivity contribution < 1.29 is 4.79 Å². The van der Waals surface area contributed by atoms with E-state index in [9.17, 15) is 4.79 Å². The number of rotatable bonds is 7. The lowest BCUT2D eigenvalue weighted by Crippen LogP contribution is -2.52. The lowest BCUT2D eigenvalue weighted by molar-refractivity contribution is -0.122. The van der Waals surface area contributed by atoms with Gasteiger partial charge >= 0.3 is 0 Å². The van der Waals surface area contributed by atoms with Gasteiger partial charge in [-0.25, -0.2) is 0 Å². The van der Waals surface area contributed by atoms with Crippen LogP contribution in [0, 0.1) is 5.92 Å². The highest BCUT2D eigenvalue weighted by molar-refractivity contribution is 7.10. The molecule has 2 aromatic rings. The molecule has 0 saturated carbocycles. The molecule has 0 aliphatic carbocycles. The highest BCUT2D eigenvalue weighted by atomic mass is 32.1. The maximum Gasteiger partial charge on any atom is 0.220 e. The molecule has 1 fully saturated rings. The molecule has 1 aliphatic rings. The Kier molecular flexibility index (Phi) is 6.91. The molecule has 4 nitrogen and oxygen atoms in total. The van der Waals surface area contributed by atoms with E-state index in [-0.39, 0.29) is 18.0 Å². The number of para-hydroxylation sites is 1. The van der Waals surface area contributed by atoms with E-state index in [4.69, 9.17) is 0 Å². The second kappa shape index (κ2) is 9.38. The smallest absolute Gasteiger partial charge is 0.220 e. The fraction of sp³-hybridized carbons (Fsp3) is 0.500. The number of carbonyl (C=O) groups is 1. The molecule has 1 N–H and O–H groups in total. The van der Waals surface area contributed by atoms with E-state index in [1.54, 1.807) is 11.3 Å². The van der Waals surface area contributed by atoms with Gasteiger partial charge in [0.15, 0.2) is 0 Å². The lowest BCUT2D eigenvalue weighted by atomic mass is 10.0. The highest BCUT2D eigenvalue weighted by Gasteiger charge is 2.30. The van der Waals surface area contributed by atoms with Gasteiger partial charge in [-0.3, -0.25) is 9.69 Å². The lowest BCUT2D eigenvalue weighted by Gasteiger charge is -2.42. The molecule has 1 aliphatic heterocycles. The van der Waals surface area contributed by atoms with Crippen LogP contribution in [-0.2, 0) is 4.79 Å². The number of benzene rings is 1. The van der Waals surface area contributed by atoms with Crippen LogP contribution in [0.15, 0.2) is 47.8 Å². The van der Waals surface area contributed by atoms with E-state index < -0.39 is 0 Å². The van der Waals surface area contributed by atoms with Crippen molar-refractivity contribution in [3.05, 3.63) is 52.7 Å².